The Labute approximate surface area is 220 Å². The maximum absolute atomic E-state index is 13.4. The normalized spacial score (nSPS) is 13.5. The molecule has 0 aromatic heterocycles. The van der Waals surface area contributed by atoms with E-state index >= 15 is 0 Å². The largest absolute Gasteiger partial charge is 0.445 e. The van der Waals surface area contributed by atoms with Gasteiger partial charge in [0.1, 0.15) is 0 Å². The van der Waals surface area contributed by atoms with E-state index in [1.807, 2.05) is 28.7 Å². The van der Waals surface area contributed by atoms with Gasteiger partial charge in [-0.05, 0) is 92.7 Å². The molecule has 0 spiro atoms. The molecule has 0 radical (unpaired) electrons. The first kappa shape index (κ1) is 29.9. The van der Waals surface area contributed by atoms with Gasteiger partial charge in [0.2, 0.25) is 0 Å². The lowest BCUT2D eigenvalue weighted by atomic mass is 10.2. The second-order valence-electron chi connectivity index (χ2n) is 6.26. The highest BCUT2D eigenvalue weighted by molar-refractivity contribution is 14.1. The molecular weight excluding hydrogens is 810 g/mol. The molecule has 0 aliphatic heterocycles. The van der Waals surface area contributed by atoms with E-state index in [-0.39, 0.29) is 25.3 Å². The van der Waals surface area contributed by atoms with Crippen LogP contribution in [0.1, 0.15) is 36.0 Å². The zero-order chi connectivity index (χ0) is 24.9. The Kier molecular flexibility index (Phi) is 11.3. The van der Waals surface area contributed by atoms with Crippen molar-refractivity contribution in [1.82, 2.24) is 5.32 Å². The Morgan fingerprint density at radius 2 is 1.66 bits per heavy atom. The van der Waals surface area contributed by atoms with Crippen molar-refractivity contribution in [2.24, 2.45) is 0 Å². The maximum atomic E-state index is 13.4. The van der Waals surface area contributed by atoms with Gasteiger partial charge >= 0.3 is 27.5 Å². The Morgan fingerprint density at radius 3 is 2.19 bits per heavy atom. The molecule has 0 fully saturated rings. The second-order valence-corrected chi connectivity index (χ2v) is 11.2. The molecule has 182 valence electrons. The first-order valence-corrected chi connectivity index (χ1v) is 13.2. The molecule has 0 heterocycles. The molecular formula is C16H15F5I3NO6S. The summed E-state index contributed by atoms with van der Waals surface area (Å²) in [5, 5.41) is -3.09. The van der Waals surface area contributed by atoms with E-state index in [0.29, 0.717) is 12.0 Å². The highest BCUT2D eigenvalue weighted by atomic mass is 127. The van der Waals surface area contributed by atoms with Crippen LogP contribution in [0.4, 0.5) is 22.0 Å². The lowest BCUT2D eigenvalue weighted by Gasteiger charge is -2.26. The fourth-order valence-electron chi connectivity index (χ4n) is 2.24. The van der Waals surface area contributed by atoms with E-state index in [4.69, 9.17) is 4.55 Å². The molecule has 1 unspecified atom stereocenters. The molecule has 7 nitrogen and oxygen atoms in total. The van der Waals surface area contributed by atoms with E-state index in [9.17, 15) is 40.0 Å². The molecule has 0 saturated carbocycles. The summed E-state index contributed by atoms with van der Waals surface area (Å²) in [7, 11) is -6.47. The molecule has 2 N–H and O–H groups in total. The van der Waals surface area contributed by atoms with Crippen LogP contribution in [-0.2, 0) is 19.6 Å². The summed E-state index contributed by atoms with van der Waals surface area (Å²) in [4.78, 5) is 23.8. The van der Waals surface area contributed by atoms with Crippen molar-refractivity contribution in [2.75, 3.05) is 6.54 Å². The molecule has 1 rings (SSSR count). The predicted molar refractivity (Wildman–Crippen MR) is 128 cm³/mol. The number of esters is 1. The summed E-state index contributed by atoms with van der Waals surface area (Å²) in [5.41, 5.74) is 0.475. The molecule has 0 saturated heterocycles. The van der Waals surface area contributed by atoms with Crippen LogP contribution in [0.3, 0.4) is 0 Å². The third-order valence-electron chi connectivity index (χ3n) is 3.78. The molecule has 1 atom stereocenters. The smallest absolute Gasteiger partial charge is 0.432 e. The fraction of sp³-hybridized carbons (Fsp3) is 0.500. The number of hydrogen-bond acceptors (Lipinski definition) is 5. The Bertz CT molecular complexity index is 958. The molecule has 32 heavy (non-hydrogen) atoms. The van der Waals surface area contributed by atoms with Gasteiger partial charge in [-0.25, -0.2) is 0 Å². The SMILES string of the molecule is O=C(CCCCCNC(=O)c1cc(I)cc(I)c1I)OC(C(F)(F)F)C(F)(F)S(=O)(=O)O. The van der Waals surface area contributed by atoms with Crippen LogP contribution < -0.4 is 5.32 Å². The molecule has 1 aromatic rings. The summed E-state index contributed by atoms with van der Waals surface area (Å²) < 4.78 is 100. The third kappa shape index (κ3) is 8.60. The first-order chi connectivity index (χ1) is 14.5. The second kappa shape index (κ2) is 12.0. The third-order valence-corrected chi connectivity index (χ3v) is 8.35. The van der Waals surface area contributed by atoms with Crippen molar-refractivity contribution in [3.8, 4) is 0 Å². The van der Waals surface area contributed by atoms with Gasteiger partial charge < -0.3 is 10.1 Å². The average Bonchev–Trinajstić information content (AvgIpc) is 2.63. The first-order valence-electron chi connectivity index (χ1n) is 8.52. The van der Waals surface area contributed by atoms with Gasteiger partial charge in [-0.3, -0.25) is 14.1 Å². The number of hydrogen-bond donors (Lipinski definition) is 2. The predicted octanol–water partition coefficient (Wildman–Crippen LogP) is 4.75. The highest BCUT2D eigenvalue weighted by Crippen LogP contribution is 2.38. The number of ether oxygens (including phenoxy) is 1. The van der Waals surface area contributed by atoms with E-state index in [1.54, 1.807) is 6.07 Å². The number of halogens is 8. The topological polar surface area (TPSA) is 110 Å². The van der Waals surface area contributed by atoms with Gasteiger partial charge in [-0.1, -0.05) is 6.42 Å². The van der Waals surface area contributed by atoms with Gasteiger partial charge in [0.05, 0.1) is 5.56 Å². The minimum atomic E-state index is -6.47. The highest BCUT2D eigenvalue weighted by Gasteiger charge is 2.65. The van der Waals surface area contributed by atoms with Gasteiger partial charge in [0.15, 0.2) is 0 Å². The fourth-order valence-corrected chi connectivity index (χ4v) is 5.09. The van der Waals surface area contributed by atoms with Crippen LogP contribution in [0.2, 0.25) is 0 Å². The quantitative estimate of drug-likeness (QED) is 0.0882. The number of nitrogens with one attached hydrogen (secondary N) is 1. The minimum Gasteiger partial charge on any atom is -0.445 e. The minimum absolute atomic E-state index is 0.0601. The zero-order valence-electron chi connectivity index (χ0n) is 15.7. The standard InChI is InChI=1S/C16H15F5I3NO6S/c17-15(18,19)14(16(20,21)32(28,29)30)31-11(26)4-2-1-3-5-25-13(27)9-6-8(22)7-10(23)12(9)24/h6-7,14H,1-5H2,(H,25,27)(H,28,29,30). The number of unbranched alkanes of at least 4 members (excludes halogenated alkanes) is 2. The molecule has 0 bridgehead atoms. The number of benzene rings is 1. The molecule has 16 heteroatoms. The summed E-state index contributed by atoms with van der Waals surface area (Å²) in [5.74, 6) is -2.03. The van der Waals surface area contributed by atoms with Crippen molar-refractivity contribution in [3.63, 3.8) is 0 Å². The van der Waals surface area contributed by atoms with Crippen LogP contribution >= 0.6 is 67.8 Å². The van der Waals surface area contributed by atoms with Crippen LogP contribution in [0.25, 0.3) is 0 Å². The van der Waals surface area contributed by atoms with Gasteiger partial charge in [-0.15, -0.1) is 0 Å². The Morgan fingerprint density at radius 1 is 1.06 bits per heavy atom. The Hall–Kier alpha value is -0.0900. The maximum Gasteiger partial charge on any atom is 0.432 e. The number of carbonyl (C=O) groups is 2. The zero-order valence-corrected chi connectivity index (χ0v) is 23.0. The van der Waals surface area contributed by atoms with Crippen LogP contribution in [0, 0.1) is 10.7 Å². The number of amides is 1. The monoisotopic (exact) mass is 825 g/mol. The van der Waals surface area contributed by atoms with Crippen molar-refractivity contribution in [2.45, 2.75) is 43.2 Å². The molecule has 1 amide bonds. The number of alkyl halides is 5. The van der Waals surface area contributed by atoms with E-state index in [2.05, 4.69) is 55.2 Å². The number of rotatable bonds is 10. The average molecular weight is 825 g/mol. The van der Waals surface area contributed by atoms with Crippen molar-refractivity contribution >= 4 is 89.8 Å². The van der Waals surface area contributed by atoms with Crippen LogP contribution in [-0.4, -0.2) is 48.9 Å². The Balaban J connectivity index is 2.51. The summed E-state index contributed by atoms with van der Waals surface area (Å²) in [6.07, 6.45) is -10.5. The molecule has 1 aromatic carbocycles. The molecule has 0 aliphatic rings. The lowest BCUT2D eigenvalue weighted by Crippen LogP contribution is -2.52. The summed E-state index contributed by atoms with van der Waals surface area (Å²) in [6.45, 7) is 0.192. The van der Waals surface area contributed by atoms with Gasteiger partial charge in [0, 0.05) is 23.7 Å². The van der Waals surface area contributed by atoms with Gasteiger partial charge in [0.25, 0.3) is 12.0 Å². The van der Waals surface area contributed by atoms with Crippen molar-refractivity contribution in [3.05, 3.63) is 28.4 Å². The lowest BCUT2D eigenvalue weighted by molar-refractivity contribution is -0.259. The van der Waals surface area contributed by atoms with E-state index in [0.717, 1.165) is 10.7 Å². The van der Waals surface area contributed by atoms with E-state index < -0.39 is 40.0 Å². The number of carbonyl (C=O) groups excluding carboxylic acids is 2. The van der Waals surface area contributed by atoms with Crippen LogP contribution in [0.15, 0.2) is 12.1 Å². The molecule has 0 aliphatic carbocycles. The summed E-state index contributed by atoms with van der Waals surface area (Å²) in [6, 6.07) is 3.60. The van der Waals surface area contributed by atoms with Crippen LogP contribution in [0.5, 0.6) is 0 Å². The van der Waals surface area contributed by atoms with E-state index in [1.165, 1.54) is 0 Å². The van der Waals surface area contributed by atoms with Crippen molar-refractivity contribution < 1.29 is 49.2 Å². The van der Waals surface area contributed by atoms with Crippen molar-refractivity contribution in [1.29, 1.82) is 0 Å². The van der Waals surface area contributed by atoms with Gasteiger partial charge in [-0.2, -0.15) is 30.4 Å². The summed E-state index contributed by atoms with van der Waals surface area (Å²) >= 11 is 6.19.